The molecule has 0 aliphatic rings. The molecule has 2 heterocycles. The van der Waals surface area contributed by atoms with Gasteiger partial charge in [0.2, 0.25) is 0 Å². The molecule has 0 spiro atoms. The Morgan fingerprint density at radius 3 is 2.63 bits per heavy atom. The second-order valence-corrected chi connectivity index (χ2v) is 5.88. The van der Waals surface area contributed by atoms with E-state index in [2.05, 4.69) is 20.0 Å². The smallest absolute Gasteiger partial charge is 0.462 e. The number of aliphatic imine (C=N–C) groups is 1. The quantitative estimate of drug-likeness (QED) is 0.292. The lowest BCUT2D eigenvalue weighted by molar-refractivity contribution is -0.274. The number of alkyl halides is 3. The van der Waals surface area contributed by atoms with Gasteiger partial charge in [0.15, 0.2) is 16.7 Å². The maximum absolute atomic E-state index is 12.1. The van der Waals surface area contributed by atoms with Crippen molar-refractivity contribution in [2.75, 3.05) is 5.32 Å². The maximum atomic E-state index is 12.1. The standard InChI is InChI=1S/C16H13F3N4O2S.HI/c17-16(18,19)25-12-5-3-10(4-6-12)23-15(20)21-8-11-9-26-14(22-11)13-2-1-7-24-13;/h1-7,9H,8H2,(H3,20,21,23);1H. The molecule has 27 heavy (non-hydrogen) atoms. The molecule has 1 aromatic carbocycles. The normalized spacial score (nSPS) is 11.7. The maximum Gasteiger partial charge on any atom is 0.573 e. The van der Waals surface area contributed by atoms with Gasteiger partial charge in [-0.25, -0.2) is 9.98 Å². The lowest BCUT2D eigenvalue weighted by atomic mass is 10.3. The van der Waals surface area contributed by atoms with Gasteiger partial charge in [-0.2, -0.15) is 0 Å². The molecule has 0 bridgehead atoms. The summed E-state index contributed by atoms with van der Waals surface area (Å²) in [7, 11) is 0. The summed E-state index contributed by atoms with van der Waals surface area (Å²) in [4.78, 5) is 8.54. The molecular formula is C16H14F3IN4O2S. The van der Waals surface area contributed by atoms with Gasteiger partial charge >= 0.3 is 6.36 Å². The number of halogens is 4. The van der Waals surface area contributed by atoms with E-state index in [1.54, 1.807) is 12.3 Å². The van der Waals surface area contributed by atoms with Crippen molar-refractivity contribution in [1.82, 2.24) is 4.98 Å². The minimum Gasteiger partial charge on any atom is -0.462 e. The average molecular weight is 510 g/mol. The number of nitrogens with two attached hydrogens (primary N) is 1. The molecule has 0 unspecified atom stereocenters. The summed E-state index contributed by atoms with van der Waals surface area (Å²) in [5, 5.41) is 5.37. The Labute approximate surface area is 173 Å². The van der Waals surface area contributed by atoms with E-state index in [0.29, 0.717) is 11.4 Å². The lowest BCUT2D eigenvalue weighted by Gasteiger charge is -2.10. The van der Waals surface area contributed by atoms with Gasteiger partial charge in [0, 0.05) is 11.1 Å². The summed E-state index contributed by atoms with van der Waals surface area (Å²) in [6.45, 7) is 0.255. The molecule has 2 aromatic heterocycles. The van der Waals surface area contributed by atoms with Crippen LogP contribution < -0.4 is 15.8 Å². The number of ether oxygens (including phenoxy) is 1. The third-order valence-electron chi connectivity index (χ3n) is 3.06. The van der Waals surface area contributed by atoms with E-state index in [1.807, 2.05) is 11.4 Å². The fourth-order valence-electron chi connectivity index (χ4n) is 1.99. The molecule has 0 fully saturated rings. The highest BCUT2D eigenvalue weighted by molar-refractivity contribution is 14.0. The van der Waals surface area contributed by atoms with Crippen molar-refractivity contribution in [3.05, 3.63) is 53.7 Å². The van der Waals surface area contributed by atoms with Gasteiger partial charge in [0.25, 0.3) is 0 Å². The second-order valence-electron chi connectivity index (χ2n) is 5.02. The van der Waals surface area contributed by atoms with Crippen molar-refractivity contribution in [2.24, 2.45) is 10.7 Å². The van der Waals surface area contributed by atoms with Crippen LogP contribution in [0.3, 0.4) is 0 Å². The van der Waals surface area contributed by atoms with Gasteiger partial charge in [0.1, 0.15) is 5.75 Å². The van der Waals surface area contributed by atoms with E-state index in [4.69, 9.17) is 10.2 Å². The highest BCUT2D eigenvalue weighted by atomic mass is 127. The van der Waals surface area contributed by atoms with E-state index in [0.717, 1.165) is 10.7 Å². The average Bonchev–Trinajstić information content (AvgIpc) is 3.24. The van der Waals surface area contributed by atoms with Gasteiger partial charge in [-0.15, -0.1) is 48.5 Å². The summed E-state index contributed by atoms with van der Waals surface area (Å²) in [5.41, 5.74) is 6.98. The molecular weight excluding hydrogens is 496 g/mol. The number of hydrogen-bond acceptors (Lipinski definition) is 5. The summed E-state index contributed by atoms with van der Waals surface area (Å²) >= 11 is 1.43. The van der Waals surface area contributed by atoms with Crippen LogP contribution in [0.2, 0.25) is 0 Å². The fraction of sp³-hybridized carbons (Fsp3) is 0.125. The molecule has 3 aromatic rings. The number of aromatic nitrogens is 1. The first-order chi connectivity index (χ1) is 12.4. The zero-order chi connectivity index (χ0) is 18.6. The van der Waals surface area contributed by atoms with Crippen LogP contribution in [0, 0.1) is 0 Å². The van der Waals surface area contributed by atoms with Crippen LogP contribution in [0.15, 0.2) is 57.5 Å². The first-order valence-electron chi connectivity index (χ1n) is 7.30. The zero-order valence-corrected chi connectivity index (χ0v) is 16.7. The SMILES string of the molecule is I.NC(=NCc1csc(-c2ccco2)n1)Nc1ccc(OC(F)(F)F)cc1. The molecule has 6 nitrogen and oxygen atoms in total. The van der Waals surface area contributed by atoms with Crippen LogP contribution in [0.1, 0.15) is 5.69 Å². The largest absolute Gasteiger partial charge is 0.573 e. The van der Waals surface area contributed by atoms with Crippen molar-refractivity contribution >= 4 is 47.0 Å². The summed E-state index contributed by atoms with van der Waals surface area (Å²) < 4.78 is 45.4. The molecule has 0 saturated heterocycles. The molecule has 3 rings (SSSR count). The fourth-order valence-corrected chi connectivity index (χ4v) is 2.76. The lowest BCUT2D eigenvalue weighted by Crippen LogP contribution is -2.22. The Morgan fingerprint density at radius 2 is 2.00 bits per heavy atom. The molecule has 11 heteroatoms. The van der Waals surface area contributed by atoms with Crippen molar-refractivity contribution in [2.45, 2.75) is 12.9 Å². The van der Waals surface area contributed by atoms with Gasteiger partial charge in [-0.1, -0.05) is 0 Å². The van der Waals surface area contributed by atoms with Crippen LogP contribution in [0.25, 0.3) is 10.8 Å². The number of benzene rings is 1. The predicted octanol–water partition coefficient (Wildman–Crippen LogP) is 4.85. The van der Waals surface area contributed by atoms with Gasteiger partial charge in [-0.05, 0) is 36.4 Å². The highest BCUT2D eigenvalue weighted by Gasteiger charge is 2.30. The molecule has 3 N–H and O–H groups in total. The van der Waals surface area contributed by atoms with Crippen LogP contribution in [0.4, 0.5) is 18.9 Å². The third-order valence-corrected chi connectivity index (χ3v) is 3.96. The topological polar surface area (TPSA) is 85.7 Å². The number of hydrogen-bond donors (Lipinski definition) is 2. The Hall–Kier alpha value is -2.28. The van der Waals surface area contributed by atoms with Crippen LogP contribution in [-0.2, 0) is 6.54 Å². The molecule has 0 amide bonds. The van der Waals surface area contributed by atoms with Crippen LogP contribution in [0.5, 0.6) is 5.75 Å². The Morgan fingerprint density at radius 1 is 1.26 bits per heavy atom. The number of thiazole rings is 1. The zero-order valence-electron chi connectivity index (χ0n) is 13.6. The Balaban J connectivity index is 0.00000261. The Kier molecular flexibility index (Phi) is 7.07. The minimum atomic E-state index is -4.72. The van der Waals surface area contributed by atoms with Crippen molar-refractivity contribution in [3.8, 4) is 16.5 Å². The van der Waals surface area contributed by atoms with E-state index in [1.165, 1.54) is 35.6 Å². The van der Waals surface area contributed by atoms with E-state index >= 15 is 0 Å². The first kappa shape index (κ1) is 21.0. The molecule has 0 saturated carbocycles. The molecule has 0 aliphatic carbocycles. The summed E-state index contributed by atoms with van der Waals surface area (Å²) in [6, 6.07) is 8.76. The monoisotopic (exact) mass is 510 g/mol. The van der Waals surface area contributed by atoms with Crippen LogP contribution >= 0.6 is 35.3 Å². The number of rotatable bonds is 5. The van der Waals surface area contributed by atoms with Crippen molar-refractivity contribution in [1.29, 1.82) is 0 Å². The number of guanidine groups is 1. The predicted molar refractivity (Wildman–Crippen MR) is 107 cm³/mol. The molecule has 0 atom stereocenters. The van der Waals surface area contributed by atoms with Crippen molar-refractivity contribution < 1.29 is 22.3 Å². The summed E-state index contributed by atoms with van der Waals surface area (Å²) in [6.07, 6.45) is -3.15. The molecule has 0 radical (unpaired) electrons. The minimum absolute atomic E-state index is 0. The second kappa shape index (κ2) is 9.08. The Bertz CT molecular complexity index is 880. The van der Waals surface area contributed by atoms with Crippen LogP contribution in [-0.4, -0.2) is 17.3 Å². The number of furan rings is 1. The molecule has 144 valence electrons. The third kappa shape index (κ3) is 6.43. The first-order valence-corrected chi connectivity index (χ1v) is 8.18. The van der Waals surface area contributed by atoms with Crippen molar-refractivity contribution in [3.63, 3.8) is 0 Å². The van der Waals surface area contributed by atoms with E-state index in [-0.39, 0.29) is 42.2 Å². The summed E-state index contributed by atoms with van der Waals surface area (Å²) in [5.74, 6) is 0.478. The van der Waals surface area contributed by atoms with Gasteiger partial charge < -0.3 is 20.2 Å². The van der Waals surface area contributed by atoms with E-state index in [9.17, 15) is 13.2 Å². The van der Waals surface area contributed by atoms with Gasteiger partial charge in [0.05, 0.1) is 18.5 Å². The number of nitrogens with one attached hydrogen (secondary N) is 1. The molecule has 0 aliphatic heterocycles. The number of anilines is 1. The van der Waals surface area contributed by atoms with Gasteiger partial charge in [-0.3, -0.25) is 0 Å². The number of nitrogens with zero attached hydrogens (tertiary/aromatic N) is 2. The highest BCUT2D eigenvalue weighted by Crippen LogP contribution is 2.25. The van der Waals surface area contributed by atoms with E-state index < -0.39 is 6.36 Å².